The zero-order chi connectivity index (χ0) is 23.7. The molecule has 2 amide bonds. The molecule has 28 heavy (non-hydrogen) atoms. The highest BCUT2D eigenvalue weighted by atomic mass is 35.5. The van der Waals surface area contributed by atoms with Gasteiger partial charge >= 0.3 is 6.03 Å². The van der Waals surface area contributed by atoms with E-state index in [9.17, 15) is 4.79 Å². The van der Waals surface area contributed by atoms with Crippen molar-refractivity contribution in [3.63, 3.8) is 0 Å². The average molecular weight is 411 g/mol. The summed E-state index contributed by atoms with van der Waals surface area (Å²) in [6, 6.07) is 5.80. The zero-order valence-corrected chi connectivity index (χ0v) is 17.9. The average Bonchev–Trinajstić information content (AvgIpc) is 2.76. The molecule has 1 saturated carbocycles. The Balaban J connectivity index is 1.60. The molecule has 5 nitrogen and oxygen atoms in total. The zero-order valence-electron chi connectivity index (χ0n) is 21.2. The van der Waals surface area contributed by atoms with Crippen molar-refractivity contribution in [1.29, 1.82) is 0 Å². The Kier molecular flexibility index (Phi) is 5.74. The van der Waals surface area contributed by atoms with Crippen LogP contribution < -0.4 is 10.2 Å². The minimum absolute atomic E-state index is 0.0189. The molecule has 156 valence electrons. The van der Waals surface area contributed by atoms with Crippen molar-refractivity contribution in [3.05, 3.63) is 28.8 Å². The molecule has 2 aliphatic rings. The molecule has 1 N–H and O–H groups in total. The molecule has 0 radical (unpaired) electrons. The molecular formula is C22H35ClN4O. The van der Waals surface area contributed by atoms with Gasteiger partial charge in [-0.3, -0.25) is 4.90 Å². The van der Waals surface area contributed by atoms with E-state index in [0.717, 1.165) is 16.3 Å². The van der Waals surface area contributed by atoms with E-state index in [2.05, 4.69) is 10.2 Å². The summed E-state index contributed by atoms with van der Waals surface area (Å²) in [5.74, 6) is -0.380. The smallest absolute Gasteiger partial charge is 0.317 e. The van der Waals surface area contributed by atoms with E-state index in [1.165, 1.54) is 4.90 Å². The Morgan fingerprint density at radius 3 is 2.54 bits per heavy atom. The van der Waals surface area contributed by atoms with Crippen LogP contribution in [0.15, 0.2) is 18.2 Å². The van der Waals surface area contributed by atoms with Crippen molar-refractivity contribution in [1.82, 2.24) is 15.1 Å². The molecule has 6 heteroatoms. The molecule has 0 atom stereocenters. The normalized spacial score (nSPS) is 26.6. The van der Waals surface area contributed by atoms with Gasteiger partial charge in [-0.2, -0.15) is 0 Å². The quantitative estimate of drug-likeness (QED) is 0.797. The summed E-state index contributed by atoms with van der Waals surface area (Å²) in [5.41, 5.74) is 1.96. The van der Waals surface area contributed by atoms with Crippen LogP contribution in [0.4, 0.5) is 10.5 Å². The van der Waals surface area contributed by atoms with Gasteiger partial charge in [0.05, 0.1) is 10.7 Å². The summed E-state index contributed by atoms with van der Waals surface area (Å²) in [7, 11) is 3.39. The van der Waals surface area contributed by atoms with E-state index in [0.29, 0.717) is 51.9 Å². The molecule has 1 aromatic carbocycles. The first-order chi connectivity index (χ1) is 14.9. The van der Waals surface area contributed by atoms with E-state index in [1.54, 1.807) is 19.0 Å². The van der Waals surface area contributed by atoms with E-state index in [-0.39, 0.29) is 18.0 Å². The van der Waals surface area contributed by atoms with E-state index in [1.807, 2.05) is 25.1 Å². The third kappa shape index (κ3) is 5.54. The lowest BCUT2D eigenvalue weighted by Crippen LogP contribution is -2.47. The van der Waals surface area contributed by atoms with Gasteiger partial charge in [0.25, 0.3) is 0 Å². The number of benzene rings is 1. The highest BCUT2D eigenvalue weighted by Crippen LogP contribution is 2.30. The van der Waals surface area contributed by atoms with Gasteiger partial charge < -0.3 is 15.1 Å². The van der Waals surface area contributed by atoms with Gasteiger partial charge in [0, 0.05) is 51.8 Å². The summed E-state index contributed by atoms with van der Waals surface area (Å²) >= 11 is 6.47. The van der Waals surface area contributed by atoms with Crippen LogP contribution in [0.1, 0.15) is 43.1 Å². The number of halogens is 1. The first kappa shape index (κ1) is 16.3. The molecule has 1 saturated heterocycles. The van der Waals surface area contributed by atoms with Crippen molar-refractivity contribution < 1.29 is 10.3 Å². The number of rotatable bonds is 5. The third-order valence-electron chi connectivity index (χ3n) is 5.68. The molecule has 0 spiro atoms. The second-order valence-electron chi connectivity index (χ2n) is 8.03. The van der Waals surface area contributed by atoms with Crippen LogP contribution in [-0.2, 0) is 0 Å². The van der Waals surface area contributed by atoms with Crippen molar-refractivity contribution in [3.8, 4) is 0 Å². The molecular weight excluding hydrogens is 372 g/mol. The van der Waals surface area contributed by atoms with Crippen LogP contribution >= 0.6 is 11.6 Å². The van der Waals surface area contributed by atoms with Gasteiger partial charge in [0.1, 0.15) is 0 Å². The van der Waals surface area contributed by atoms with Gasteiger partial charge in [-0.1, -0.05) is 23.7 Å². The topological polar surface area (TPSA) is 38.8 Å². The Hall–Kier alpha value is -1.46. The Morgan fingerprint density at radius 2 is 1.89 bits per heavy atom. The van der Waals surface area contributed by atoms with Crippen molar-refractivity contribution in [2.24, 2.45) is 5.92 Å². The summed E-state index contributed by atoms with van der Waals surface area (Å²) in [6.07, 6.45) is 0.471. The molecule has 1 heterocycles. The van der Waals surface area contributed by atoms with Gasteiger partial charge in [0.15, 0.2) is 0 Å². The predicted molar refractivity (Wildman–Crippen MR) is 117 cm³/mol. The summed E-state index contributed by atoms with van der Waals surface area (Å²) in [5, 5.41) is 3.69. The fourth-order valence-corrected chi connectivity index (χ4v) is 4.05. The molecule has 0 bridgehead atoms. The minimum Gasteiger partial charge on any atom is -0.368 e. The van der Waals surface area contributed by atoms with E-state index in [4.69, 9.17) is 17.1 Å². The highest BCUT2D eigenvalue weighted by molar-refractivity contribution is 6.34. The standard InChI is InChI=1S/C22H35ClN4O/c1-17-5-4-6-20(21(17)23)27-15-13-26(14-16-27)12-11-18-7-9-19(10-8-18)24-22(28)25(2)3/h4-6,18-19H,7-16H2,1-3H3,(H,24,28)/i11D2,12D2. The molecule has 3 rings (SSSR count). The lowest BCUT2D eigenvalue weighted by molar-refractivity contribution is 0.194. The number of amides is 2. The first-order valence-corrected chi connectivity index (χ1v) is 10.6. The SMILES string of the molecule is [2H]C([2H])(C1CCC(NC(=O)N(C)C)CC1)C([2H])([2H])N1CCN(c2cccc(C)c2Cl)CC1. The predicted octanol–water partition coefficient (Wildman–Crippen LogP) is 3.99. The third-order valence-corrected chi connectivity index (χ3v) is 6.17. The van der Waals surface area contributed by atoms with Gasteiger partial charge in [-0.15, -0.1) is 0 Å². The number of carbonyl (C=O) groups excluding carboxylic acids is 1. The fourth-order valence-electron chi connectivity index (χ4n) is 3.80. The molecule has 1 aliphatic heterocycles. The number of nitrogens with one attached hydrogen (secondary N) is 1. The number of urea groups is 1. The molecule has 1 aromatic rings. The highest BCUT2D eigenvalue weighted by Gasteiger charge is 2.24. The number of hydrogen-bond acceptors (Lipinski definition) is 3. The second-order valence-corrected chi connectivity index (χ2v) is 8.41. The van der Waals surface area contributed by atoms with Gasteiger partial charge in [-0.05, 0) is 63.0 Å². The van der Waals surface area contributed by atoms with Crippen LogP contribution in [-0.4, -0.2) is 68.6 Å². The number of carbonyl (C=O) groups is 1. The van der Waals surface area contributed by atoms with Crippen LogP contribution in [0, 0.1) is 12.8 Å². The minimum atomic E-state index is -2.07. The van der Waals surface area contributed by atoms with Crippen molar-refractivity contribution in [2.75, 3.05) is 51.7 Å². The van der Waals surface area contributed by atoms with Crippen molar-refractivity contribution in [2.45, 2.75) is 45.0 Å². The van der Waals surface area contributed by atoms with Crippen molar-refractivity contribution >= 4 is 23.3 Å². The second kappa shape index (κ2) is 9.84. The number of aryl methyl sites for hydroxylation is 1. The number of hydrogen-bond donors (Lipinski definition) is 1. The monoisotopic (exact) mass is 410 g/mol. The number of piperazine rings is 1. The summed E-state index contributed by atoms with van der Waals surface area (Å²) in [6.45, 7) is 1.97. The van der Waals surface area contributed by atoms with Gasteiger partial charge in [0.2, 0.25) is 0 Å². The van der Waals surface area contributed by atoms with E-state index >= 15 is 0 Å². The van der Waals surface area contributed by atoms with Crippen LogP contribution in [0.5, 0.6) is 0 Å². The van der Waals surface area contributed by atoms with Gasteiger partial charge in [-0.25, -0.2) is 4.79 Å². The Morgan fingerprint density at radius 1 is 1.21 bits per heavy atom. The molecule has 1 aliphatic carbocycles. The maximum atomic E-state index is 11.9. The number of anilines is 1. The first-order valence-electron chi connectivity index (χ1n) is 12.2. The Labute approximate surface area is 180 Å². The summed E-state index contributed by atoms with van der Waals surface area (Å²) < 4.78 is 34.9. The largest absolute Gasteiger partial charge is 0.368 e. The Bertz CT molecular complexity index is 807. The number of nitrogens with zero attached hydrogens (tertiary/aromatic N) is 3. The van der Waals surface area contributed by atoms with Crippen LogP contribution in [0.3, 0.4) is 0 Å². The molecule has 2 fully saturated rings. The summed E-state index contributed by atoms with van der Waals surface area (Å²) in [4.78, 5) is 17.2. The fraction of sp³-hybridized carbons (Fsp3) is 0.682. The maximum Gasteiger partial charge on any atom is 0.317 e. The van der Waals surface area contributed by atoms with Crippen LogP contribution in [0.2, 0.25) is 5.02 Å². The lowest BCUT2D eigenvalue weighted by Gasteiger charge is -2.37. The molecule has 0 unspecified atom stereocenters. The lowest BCUT2D eigenvalue weighted by atomic mass is 9.84. The van der Waals surface area contributed by atoms with Crippen LogP contribution in [0.25, 0.3) is 0 Å². The maximum absolute atomic E-state index is 11.9. The van der Waals surface area contributed by atoms with E-state index < -0.39 is 12.9 Å². The molecule has 0 aromatic heterocycles.